The smallest absolute Gasteiger partial charge is 0.358 e. The van der Waals surface area contributed by atoms with Crippen LogP contribution in [0, 0.1) is 13.8 Å². The molecule has 0 fully saturated rings. The van der Waals surface area contributed by atoms with E-state index >= 15 is 0 Å². The minimum absolute atomic E-state index is 0.0278. The monoisotopic (exact) mass is 280 g/mol. The summed E-state index contributed by atoms with van der Waals surface area (Å²) >= 11 is 1.60. The van der Waals surface area contributed by atoms with E-state index in [9.17, 15) is 4.79 Å². The molecule has 0 radical (unpaired) electrons. The molecular weight excluding hydrogens is 264 g/mol. The van der Waals surface area contributed by atoms with Gasteiger partial charge in [-0.1, -0.05) is 19.1 Å². The molecule has 0 aromatic carbocycles. The van der Waals surface area contributed by atoms with Crippen molar-refractivity contribution in [3.8, 4) is 0 Å². The third-order valence-electron chi connectivity index (χ3n) is 2.88. The van der Waals surface area contributed by atoms with Crippen LogP contribution in [-0.2, 0) is 6.54 Å². The van der Waals surface area contributed by atoms with Crippen molar-refractivity contribution in [1.29, 1.82) is 0 Å². The minimum atomic E-state index is -1.04. The Labute approximate surface area is 115 Å². The number of hydrogen-bond acceptors (Lipinski definition) is 5. The summed E-state index contributed by atoms with van der Waals surface area (Å²) in [4.78, 5) is 16.7. The Morgan fingerprint density at radius 1 is 1.42 bits per heavy atom. The number of carboxylic acid groups (broad SMARTS) is 1. The summed E-state index contributed by atoms with van der Waals surface area (Å²) in [6, 6.07) is 0. The molecule has 102 valence electrons. The molecule has 0 unspecified atom stereocenters. The molecule has 7 heteroatoms. The van der Waals surface area contributed by atoms with Gasteiger partial charge in [-0.2, -0.15) is 0 Å². The molecule has 0 saturated carbocycles. The van der Waals surface area contributed by atoms with Gasteiger partial charge in [-0.15, -0.1) is 16.4 Å². The molecule has 0 spiro atoms. The van der Waals surface area contributed by atoms with Gasteiger partial charge in [-0.25, -0.2) is 14.5 Å². The lowest BCUT2D eigenvalue weighted by molar-refractivity contribution is 0.0688. The zero-order valence-electron chi connectivity index (χ0n) is 11.3. The normalized spacial score (nSPS) is 11.2. The fourth-order valence-corrected chi connectivity index (χ4v) is 2.81. The molecule has 0 saturated heterocycles. The molecule has 0 aliphatic heterocycles. The van der Waals surface area contributed by atoms with Gasteiger partial charge in [0.05, 0.1) is 17.9 Å². The second-order valence-electron chi connectivity index (χ2n) is 4.69. The molecule has 19 heavy (non-hydrogen) atoms. The quantitative estimate of drug-likeness (QED) is 0.928. The minimum Gasteiger partial charge on any atom is -0.476 e. The van der Waals surface area contributed by atoms with E-state index < -0.39 is 5.97 Å². The summed E-state index contributed by atoms with van der Waals surface area (Å²) in [6.45, 7) is 8.31. The summed E-state index contributed by atoms with van der Waals surface area (Å²) < 4.78 is 1.63. The molecule has 6 nitrogen and oxygen atoms in total. The van der Waals surface area contributed by atoms with Crippen LogP contribution in [0.15, 0.2) is 0 Å². The van der Waals surface area contributed by atoms with Gasteiger partial charge in [-0.3, -0.25) is 0 Å². The van der Waals surface area contributed by atoms with Gasteiger partial charge in [-0.05, 0) is 19.8 Å². The fourth-order valence-electron chi connectivity index (χ4n) is 1.90. The zero-order chi connectivity index (χ0) is 14.2. The largest absolute Gasteiger partial charge is 0.476 e. The van der Waals surface area contributed by atoms with Crippen molar-refractivity contribution in [1.82, 2.24) is 20.0 Å². The first-order valence-corrected chi connectivity index (χ1v) is 6.81. The number of aryl methyl sites for hydroxylation is 2. The predicted octanol–water partition coefficient (Wildman–Crippen LogP) is 2.22. The molecule has 0 atom stereocenters. The third-order valence-corrected chi connectivity index (χ3v) is 3.94. The van der Waals surface area contributed by atoms with Crippen LogP contribution in [0.25, 0.3) is 0 Å². The lowest BCUT2D eigenvalue weighted by atomic mass is 10.1. The highest BCUT2D eigenvalue weighted by Gasteiger charge is 2.22. The molecule has 2 rings (SSSR count). The van der Waals surface area contributed by atoms with Crippen LogP contribution in [0.2, 0.25) is 0 Å². The van der Waals surface area contributed by atoms with E-state index in [1.807, 2.05) is 27.7 Å². The second kappa shape index (κ2) is 5.08. The predicted molar refractivity (Wildman–Crippen MR) is 71.8 cm³/mol. The van der Waals surface area contributed by atoms with Crippen molar-refractivity contribution in [2.24, 2.45) is 0 Å². The maximum Gasteiger partial charge on any atom is 0.358 e. The van der Waals surface area contributed by atoms with Gasteiger partial charge in [0.15, 0.2) is 5.69 Å². The fraction of sp³-hybridized carbons (Fsp3) is 0.500. The van der Waals surface area contributed by atoms with Gasteiger partial charge in [0, 0.05) is 4.88 Å². The number of nitrogens with zero attached hydrogens (tertiary/aromatic N) is 4. The first-order chi connectivity index (χ1) is 8.90. The second-order valence-corrected chi connectivity index (χ2v) is 5.98. The number of rotatable bonds is 4. The van der Waals surface area contributed by atoms with Gasteiger partial charge >= 0.3 is 5.97 Å². The molecule has 0 bridgehead atoms. The Balaban J connectivity index is 2.37. The van der Waals surface area contributed by atoms with Gasteiger partial charge in [0.25, 0.3) is 0 Å². The number of hydrogen-bond donors (Lipinski definition) is 1. The summed E-state index contributed by atoms with van der Waals surface area (Å²) in [5.41, 5.74) is 1.67. The number of carbonyl (C=O) groups is 1. The molecule has 0 amide bonds. The lowest BCUT2D eigenvalue weighted by Gasteiger charge is -2.08. The Morgan fingerprint density at radius 2 is 2.11 bits per heavy atom. The Hall–Kier alpha value is -1.76. The third kappa shape index (κ3) is 2.65. The molecule has 0 aliphatic rings. The maximum absolute atomic E-state index is 11.1. The van der Waals surface area contributed by atoms with Crippen molar-refractivity contribution in [2.45, 2.75) is 40.2 Å². The van der Waals surface area contributed by atoms with Crippen molar-refractivity contribution in [2.75, 3.05) is 0 Å². The van der Waals surface area contributed by atoms with Gasteiger partial charge in [0.2, 0.25) is 0 Å². The van der Waals surface area contributed by atoms with Crippen LogP contribution >= 0.6 is 11.3 Å². The van der Waals surface area contributed by atoms with Crippen LogP contribution in [0.4, 0.5) is 0 Å². The van der Waals surface area contributed by atoms with Crippen LogP contribution in [0.3, 0.4) is 0 Å². The Morgan fingerprint density at radius 3 is 2.58 bits per heavy atom. The summed E-state index contributed by atoms with van der Waals surface area (Å²) in [6.07, 6.45) is 0. The lowest BCUT2D eigenvalue weighted by Crippen LogP contribution is -2.10. The van der Waals surface area contributed by atoms with Crippen molar-refractivity contribution < 1.29 is 9.90 Å². The molecule has 2 aromatic heterocycles. The van der Waals surface area contributed by atoms with Crippen molar-refractivity contribution in [3.05, 3.63) is 27.0 Å². The highest BCUT2D eigenvalue weighted by Crippen LogP contribution is 2.21. The first-order valence-electron chi connectivity index (χ1n) is 5.99. The van der Waals surface area contributed by atoms with Gasteiger partial charge in [0.1, 0.15) is 5.01 Å². The standard InChI is InChI=1S/C12H16N4O2S/c1-6(2)11-10(12(17)18)14-15-16(11)5-9-13-7(3)8(4)19-9/h6H,5H2,1-4H3,(H,17,18). The Kier molecular flexibility index (Phi) is 3.66. The maximum atomic E-state index is 11.1. The van der Waals surface area contributed by atoms with E-state index in [-0.39, 0.29) is 11.6 Å². The molecule has 2 heterocycles. The van der Waals surface area contributed by atoms with E-state index in [1.165, 1.54) is 4.88 Å². The summed E-state index contributed by atoms with van der Waals surface area (Å²) in [5.74, 6) is -0.996. The van der Waals surface area contributed by atoms with E-state index in [0.717, 1.165) is 10.7 Å². The summed E-state index contributed by atoms with van der Waals surface area (Å²) in [7, 11) is 0. The molecule has 2 aromatic rings. The number of thiazole rings is 1. The summed E-state index contributed by atoms with van der Waals surface area (Å²) in [5, 5.41) is 17.7. The first kappa shape index (κ1) is 13.7. The number of aromatic carboxylic acids is 1. The van der Waals surface area contributed by atoms with Crippen LogP contribution < -0.4 is 0 Å². The highest BCUT2D eigenvalue weighted by molar-refractivity contribution is 7.11. The highest BCUT2D eigenvalue weighted by atomic mass is 32.1. The van der Waals surface area contributed by atoms with E-state index in [0.29, 0.717) is 12.2 Å². The average molecular weight is 280 g/mol. The topological polar surface area (TPSA) is 80.9 Å². The Bertz CT molecular complexity index is 596. The zero-order valence-corrected chi connectivity index (χ0v) is 12.2. The number of aromatic nitrogens is 4. The van der Waals surface area contributed by atoms with Crippen LogP contribution in [-0.4, -0.2) is 31.1 Å². The van der Waals surface area contributed by atoms with Crippen LogP contribution in [0.5, 0.6) is 0 Å². The van der Waals surface area contributed by atoms with Gasteiger partial charge < -0.3 is 5.11 Å². The van der Waals surface area contributed by atoms with Crippen LogP contribution in [0.1, 0.15) is 51.5 Å². The van der Waals surface area contributed by atoms with E-state index in [4.69, 9.17) is 5.11 Å². The molecule has 0 aliphatic carbocycles. The van der Waals surface area contributed by atoms with E-state index in [2.05, 4.69) is 15.3 Å². The molecular formula is C12H16N4O2S. The molecule has 1 N–H and O–H groups in total. The average Bonchev–Trinajstić information content (AvgIpc) is 2.84. The number of carboxylic acids is 1. The van der Waals surface area contributed by atoms with E-state index in [1.54, 1.807) is 16.0 Å². The SMILES string of the molecule is Cc1nc(Cn2nnc(C(=O)O)c2C(C)C)sc1C. The van der Waals surface area contributed by atoms with Crippen molar-refractivity contribution in [3.63, 3.8) is 0 Å². The van der Waals surface area contributed by atoms with Crippen molar-refractivity contribution >= 4 is 17.3 Å².